The van der Waals surface area contributed by atoms with E-state index in [1.165, 1.54) is 0 Å². The SMILES string of the molecule is COc1ccccc1C[C@H]1CCCN1C(=O)CNCC(F)(F)F. The van der Waals surface area contributed by atoms with E-state index in [-0.39, 0.29) is 18.5 Å². The molecule has 0 aromatic heterocycles. The summed E-state index contributed by atoms with van der Waals surface area (Å²) in [6.45, 7) is -0.849. The zero-order valence-electron chi connectivity index (χ0n) is 13.0. The van der Waals surface area contributed by atoms with Crippen molar-refractivity contribution in [2.45, 2.75) is 31.5 Å². The fourth-order valence-electron chi connectivity index (χ4n) is 2.91. The van der Waals surface area contributed by atoms with Crippen LogP contribution >= 0.6 is 0 Å². The number of carbonyl (C=O) groups excluding carboxylic acids is 1. The molecule has 1 amide bonds. The van der Waals surface area contributed by atoms with Gasteiger partial charge in [0.15, 0.2) is 0 Å². The van der Waals surface area contributed by atoms with Gasteiger partial charge in [-0.1, -0.05) is 18.2 Å². The number of carbonyl (C=O) groups is 1. The van der Waals surface area contributed by atoms with E-state index in [0.717, 1.165) is 24.2 Å². The number of para-hydroxylation sites is 1. The maximum absolute atomic E-state index is 12.2. The summed E-state index contributed by atoms with van der Waals surface area (Å²) in [5, 5.41) is 2.17. The molecule has 1 aromatic rings. The summed E-state index contributed by atoms with van der Waals surface area (Å²) in [5.41, 5.74) is 1.00. The Bertz CT molecular complexity index is 534. The summed E-state index contributed by atoms with van der Waals surface area (Å²) < 4.78 is 41.7. The highest BCUT2D eigenvalue weighted by molar-refractivity contribution is 5.79. The van der Waals surface area contributed by atoms with Gasteiger partial charge in [0.1, 0.15) is 5.75 Å². The number of hydrogen-bond acceptors (Lipinski definition) is 3. The highest BCUT2D eigenvalue weighted by atomic mass is 19.4. The molecule has 23 heavy (non-hydrogen) atoms. The van der Waals surface area contributed by atoms with Crippen LogP contribution in [-0.4, -0.2) is 49.8 Å². The Morgan fingerprint density at radius 2 is 2.13 bits per heavy atom. The molecule has 0 aliphatic carbocycles. The second-order valence-corrected chi connectivity index (χ2v) is 5.62. The van der Waals surface area contributed by atoms with Crippen LogP contribution in [0, 0.1) is 0 Å². The summed E-state index contributed by atoms with van der Waals surface area (Å²) in [5.74, 6) is 0.480. The lowest BCUT2D eigenvalue weighted by Crippen LogP contribution is -2.43. The van der Waals surface area contributed by atoms with E-state index in [2.05, 4.69) is 5.32 Å². The average molecular weight is 330 g/mol. The van der Waals surface area contributed by atoms with Crippen molar-refractivity contribution in [2.75, 3.05) is 26.7 Å². The number of halogens is 3. The molecule has 128 valence electrons. The molecule has 0 bridgehead atoms. The number of benzene rings is 1. The molecule has 0 unspecified atom stereocenters. The van der Waals surface area contributed by atoms with Crippen LogP contribution in [0.4, 0.5) is 13.2 Å². The van der Waals surface area contributed by atoms with E-state index >= 15 is 0 Å². The molecule has 1 N–H and O–H groups in total. The molecule has 0 spiro atoms. The summed E-state index contributed by atoms with van der Waals surface area (Å²) in [6.07, 6.45) is -1.94. The Labute approximate surface area is 133 Å². The normalized spacial score (nSPS) is 18.3. The van der Waals surface area contributed by atoms with Gasteiger partial charge in [0.25, 0.3) is 0 Å². The Balaban J connectivity index is 1.93. The van der Waals surface area contributed by atoms with Gasteiger partial charge in [0.05, 0.1) is 20.2 Å². The van der Waals surface area contributed by atoms with Crippen LogP contribution < -0.4 is 10.1 Å². The zero-order chi connectivity index (χ0) is 16.9. The van der Waals surface area contributed by atoms with Gasteiger partial charge in [0, 0.05) is 12.6 Å². The van der Waals surface area contributed by atoms with Gasteiger partial charge in [-0.3, -0.25) is 4.79 Å². The minimum Gasteiger partial charge on any atom is -0.496 e. The first-order chi connectivity index (χ1) is 10.9. The van der Waals surface area contributed by atoms with Gasteiger partial charge < -0.3 is 15.0 Å². The highest BCUT2D eigenvalue weighted by Crippen LogP contribution is 2.26. The van der Waals surface area contributed by atoms with Crippen LogP contribution in [0.5, 0.6) is 5.75 Å². The smallest absolute Gasteiger partial charge is 0.401 e. The first-order valence-electron chi connectivity index (χ1n) is 7.59. The molecule has 7 heteroatoms. The molecule has 0 radical (unpaired) electrons. The van der Waals surface area contributed by atoms with Crippen molar-refractivity contribution < 1.29 is 22.7 Å². The van der Waals surface area contributed by atoms with Crippen LogP contribution in [0.1, 0.15) is 18.4 Å². The van der Waals surface area contributed by atoms with Gasteiger partial charge in [-0.15, -0.1) is 0 Å². The first kappa shape index (κ1) is 17.6. The van der Waals surface area contributed by atoms with Crippen molar-refractivity contribution in [3.8, 4) is 5.75 Å². The number of hydrogen-bond donors (Lipinski definition) is 1. The van der Waals surface area contributed by atoms with Crippen molar-refractivity contribution in [3.63, 3.8) is 0 Å². The quantitative estimate of drug-likeness (QED) is 0.871. The third-order valence-electron chi connectivity index (χ3n) is 3.95. The third kappa shape index (κ3) is 5.13. The van der Waals surface area contributed by atoms with Gasteiger partial charge >= 0.3 is 6.18 Å². The number of nitrogens with one attached hydrogen (secondary N) is 1. The van der Waals surface area contributed by atoms with Gasteiger partial charge in [0.2, 0.25) is 5.91 Å². The molecule has 0 saturated carbocycles. The predicted molar refractivity (Wildman–Crippen MR) is 80.4 cm³/mol. The Morgan fingerprint density at radius 3 is 2.83 bits per heavy atom. The monoisotopic (exact) mass is 330 g/mol. The summed E-state index contributed by atoms with van der Waals surface area (Å²) in [6, 6.07) is 7.60. The maximum atomic E-state index is 12.2. The zero-order valence-corrected chi connectivity index (χ0v) is 13.0. The molecule has 1 aliphatic heterocycles. The second kappa shape index (κ2) is 7.68. The fourth-order valence-corrected chi connectivity index (χ4v) is 2.91. The van der Waals surface area contributed by atoms with Crippen LogP contribution in [0.3, 0.4) is 0 Å². The molecule has 1 fully saturated rings. The molecule has 4 nitrogen and oxygen atoms in total. The van der Waals surface area contributed by atoms with E-state index in [0.29, 0.717) is 13.0 Å². The first-order valence-corrected chi connectivity index (χ1v) is 7.59. The highest BCUT2D eigenvalue weighted by Gasteiger charge is 2.31. The minimum atomic E-state index is -4.30. The molecular weight excluding hydrogens is 309 g/mol. The number of rotatable bonds is 6. The lowest BCUT2D eigenvalue weighted by molar-refractivity contribution is -0.134. The number of amides is 1. The summed E-state index contributed by atoms with van der Waals surface area (Å²) in [4.78, 5) is 13.8. The van der Waals surface area contributed by atoms with Crippen LogP contribution in [0.2, 0.25) is 0 Å². The molecular formula is C16H21F3N2O2. The molecule has 1 aliphatic rings. The van der Waals surface area contributed by atoms with Crippen molar-refractivity contribution in [1.29, 1.82) is 0 Å². The number of nitrogens with zero attached hydrogens (tertiary/aromatic N) is 1. The predicted octanol–water partition coefficient (Wildman–Crippen LogP) is 2.38. The molecule has 2 rings (SSSR count). The Hall–Kier alpha value is -1.76. The third-order valence-corrected chi connectivity index (χ3v) is 3.95. The number of methoxy groups -OCH3 is 1. The average Bonchev–Trinajstić information content (AvgIpc) is 2.94. The van der Waals surface area contributed by atoms with E-state index in [4.69, 9.17) is 4.74 Å². The van der Waals surface area contributed by atoms with Crippen LogP contribution in [0.25, 0.3) is 0 Å². The number of ether oxygens (including phenoxy) is 1. The molecule has 1 atom stereocenters. The van der Waals surface area contributed by atoms with Gasteiger partial charge in [-0.2, -0.15) is 13.2 Å². The Kier molecular flexibility index (Phi) is 5.87. The van der Waals surface area contributed by atoms with Crippen molar-refractivity contribution in [2.24, 2.45) is 0 Å². The van der Waals surface area contributed by atoms with E-state index in [9.17, 15) is 18.0 Å². The van der Waals surface area contributed by atoms with Crippen molar-refractivity contribution >= 4 is 5.91 Å². The molecule has 1 heterocycles. The second-order valence-electron chi connectivity index (χ2n) is 5.62. The molecule has 1 aromatic carbocycles. The van der Waals surface area contributed by atoms with E-state index in [1.807, 2.05) is 24.3 Å². The maximum Gasteiger partial charge on any atom is 0.401 e. The number of likely N-dealkylation sites (tertiary alicyclic amines) is 1. The van der Waals surface area contributed by atoms with Gasteiger partial charge in [-0.05, 0) is 30.9 Å². The minimum absolute atomic E-state index is 0.00601. The van der Waals surface area contributed by atoms with Crippen molar-refractivity contribution in [1.82, 2.24) is 10.2 Å². The van der Waals surface area contributed by atoms with Crippen molar-refractivity contribution in [3.05, 3.63) is 29.8 Å². The summed E-state index contributed by atoms with van der Waals surface area (Å²) in [7, 11) is 1.59. The fraction of sp³-hybridized carbons (Fsp3) is 0.562. The van der Waals surface area contributed by atoms with Crippen LogP contribution in [0.15, 0.2) is 24.3 Å². The van der Waals surface area contributed by atoms with E-state index < -0.39 is 12.7 Å². The topological polar surface area (TPSA) is 41.6 Å². The molecule has 1 saturated heterocycles. The lowest BCUT2D eigenvalue weighted by atomic mass is 10.0. The number of alkyl halides is 3. The van der Waals surface area contributed by atoms with Crippen LogP contribution in [-0.2, 0) is 11.2 Å². The van der Waals surface area contributed by atoms with E-state index in [1.54, 1.807) is 12.0 Å². The summed E-state index contributed by atoms with van der Waals surface area (Å²) >= 11 is 0. The lowest BCUT2D eigenvalue weighted by Gasteiger charge is -2.25. The standard InChI is InChI=1S/C16H21F3N2O2/c1-23-14-7-3-2-5-12(14)9-13-6-4-8-21(13)15(22)10-20-11-16(17,18)19/h2-3,5,7,13,20H,4,6,8-11H2,1H3/t13-/m1/s1. The largest absolute Gasteiger partial charge is 0.496 e. The van der Waals surface area contributed by atoms with Gasteiger partial charge in [-0.25, -0.2) is 0 Å². The Morgan fingerprint density at radius 1 is 1.39 bits per heavy atom.